The Hall–Kier alpha value is -1.35. The van der Waals surface area contributed by atoms with Crippen LogP contribution in [0.5, 0.6) is 0 Å². The van der Waals surface area contributed by atoms with E-state index in [9.17, 15) is 0 Å². The molecule has 3 nitrogen and oxygen atoms in total. The first-order chi connectivity index (χ1) is 8.38. The molecule has 1 saturated heterocycles. The molecule has 1 aromatic heterocycles. The Morgan fingerprint density at radius 3 is 3.18 bits per heavy atom. The molecule has 0 bridgehead atoms. The number of fused-ring (bicyclic) bond motifs is 1. The maximum absolute atomic E-state index is 4.50. The molecule has 3 rings (SSSR count). The highest BCUT2D eigenvalue weighted by Gasteiger charge is 2.16. The number of rotatable bonds is 2. The van der Waals surface area contributed by atoms with E-state index in [4.69, 9.17) is 0 Å². The quantitative estimate of drug-likeness (QED) is 0.857. The first-order valence-corrected chi connectivity index (χ1v) is 6.54. The van der Waals surface area contributed by atoms with E-state index >= 15 is 0 Å². The second-order valence-corrected chi connectivity index (χ2v) is 4.83. The Morgan fingerprint density at radius 2 is 2.41 bits per heavy atom. The van der Waals surface area contributed by atoms with Crippen molar-refractivity contribution in [2.75, 3.05) is 13.1 Å². The molecule has 90 valence electrons. The monoisotopic (exact) mass is 229 g/mol. The smallest absolute Gasteiger partial charge is 0.0961 e. The van der Waals surface area contributed by atoms with E-state index in [1.165, 1.54) is 23.9 Å². The molecule has 2 aromatic rings. The summed E-state index contributed by atoms with van der Waals surface area (Å²) in [4.78, 5) is 4.50. The molecule has 3 heteroatoms. The minimum Gasteiger partial charge on any atom is -0.326 e. The SMILES string of the molecule is CCc1ccc2ncn(C3CCCNC3)c2c1. The number of nitrogens with zero attached hydrogens (tertiary/aromatic N) is 2. The third-order valence-electron chi connectivity index (χ3n) is 3.71. The highest BCUT2D eigenvalue weighted by atomic mass is 15.1. The molecule has 0 radical (unpaired) electrons. The van der Waals surface area contributed by atoms with Gasteiger partial charge in [0.25, 0.3) is 0 Å². The van der Waals surface area contributed by atoms with Gasteiger partial charge in [0, 0.05) is 12.6 Å². The minimum absolute atomic E-state index is 0.570. The molecule has 2 heterocycles. The number of piperidine rings is 1. The highest BCUT2D eigenvalue weighted by Crippen LogP contribution is 2.23. The summed E-state index contributed by atoms with van der Waals surface area (Å²) in [6.45, 7) is 4.43. The van der Waals surface area contributed by atoms with E-state index in [1.54, 1.807) is 0 Å². The Morgan fingerprint density at radius 1 is 1.47 bits per heavy atom. The van der Waals surface area contributed by atoms with Crippen LogP contribution in [0, 0.1) is 0 Å². The van der Waals surface area contributed by atoms with Gasteiger partial charge in [0.05, 0.1) is 17.4 Å². The standard InChI is InChI=1S/C14H19N3/c1-2-11-5-6-13-14(8-11)17(10-16-13)12-4-3-7-15-9-12/h5-6,8,10,12,15H,2-4,7,9H2,1H3. The molecular weight excluding hydrogens is 210 g/mol. The van der Waals surface area contributed by atoms with Gasteiger partial charge in [-0.3, -0.25) is 0 Å². The summed E-state index contributed by atoms with van der Waals surface area (Å²) < 4.78 is 2.35. The van der Waals surface area contributed by atoms with Gasteiger partial charge in [-0.05, 0) is 43.5 Å². The Bertz CT molecular complexity index is 509. The molecule has 1 N–H and O–H groups in total. The summed E-state index contributed by atoms with van der Waals surface area (Å²) in [5.41, 5.74) is 3.80. The predicted octanol–water partition coefficient (Wildman–Crippen LogP) is 2.52. The summed E-state index contributed by atoms with van der Waals surface area (Å²) in [6, 6.07) is 7.18. The Labute approximate surface area is 102 Å². The first kappa shape index (κ1) is 10.8. The number of imidazole rings is 1. The van der Waals surface area contributed by atoms with Crippen LogP contribution in [0.1, 0.15) is 31.4 Å². The Kier molecular flexibility index (Phi) is 2.85. The van der Waals surface area contributed by atoms with E-state index in [-0.39, 0.29) is 0 Å². The van der Waals surface area contributed by atoms with Crippen LogP contribution >= 0.6 is 0 Å². The normalized spacial score (nSPS) is 20.9. The van der Waals surface area contributed by atoms with Gasteiger partial charge in [0.1, 0.15) is 0 Å². The lowest BCUT2D eigenvalue weighted by atomic mass is 10.1. The lowest BCUT2D eigenvalue weighted by Crippen LogP contribution is -2.31. The van der Waals surface area contributed by atoms with Crippen molar-refractivity contribution in [2.45, 2.75) is 32.2 Å². The van der Waals surface area contributed by atoms with Crippen LogP contribution in [0.25, 0.3) is 11.0 Å². The number of benzene rings is 1. The van der Waals surface area contributed by atoms with E-state index in [0.29, 0.717) is 6.04 Å². The van der Waals surface area contributed by atoms with Crippen molar-refractivity contribution in [2.24, 2.45) is 0 Å². The van der Waals surface area contributed by atoms with E-state index in [0.717, 1.165) is 25.0 Å². The zero-order chi connectivity index (χ0) is 11.7. The fourth-order valence-corrected chi connectivity index (χ4v) is 2.65. The third-order valence-corrected chi connectivity index (χ3v) is 3.71. The zero-order valence-corrected chi connectivity index (χ0v) is 10.3. The van der Waals surface area contributed by atoms with Gasteiger partial charge in [-0.25, -0.2) is 4.98 Å². The topological polar surface area (TPSA) is 29.9 Å². The largest absolute Gasteiger partial charge is 0.326 e. The van der Waals surface area contributed by atoms with Crippen molar-refractivity contribution in [1.82, 2.24) is 14.9 Å². The number of hydrogen-bond donors (Lipinski definition) is 1. The lowest BCUT2D eigenvalue weighted by molar-refractivity contribution is 0.378. The van der Waals surface area contributed by atoms with Crippen molar-refractivity contribution in [3.05, 3.63) is 30.1 Å². The first-order valence-electron chi connectivity index (χ1n) is 6.54. The summed E-state index contributed by atoms with van der Waals surface area (Å²) in [5, 5.41) is 3.47. The molecule has 1 unspecified atom stereocenters. The number of aryl methyl sites for hydroxylation is 1. The molecular formula is C14H19N3. The second-order valence-electron chi connectivity index (χ2n) is 4.83. The summed E-state index contributed by atoms with van der Waals surface area (Å²) in [5.74, 6) is 0. The van der Waals surface area contributed by atoms with Gasteiger partial charge in [-0.15, -0.1) is 0 Å². The van der Waals surface area contributed by atoms with Crippen LogP contribution in [0.2, 0.25) is 0 Å². The number of nitrogens with one attached hydrogen (secondary N) is 1. The van der Waals surface area contributed by atoms with Crippen LogP contribution in [0.3, 0.4) is 0 Å². The number of hydrogen-bond acceptors (Lipinski definition) is 2. The van der Waals surface area contributed by atoms with E-state index < -0.39 is 0 Å². The van der Waals surface area contributed by atoms with Crippen molar-refractivity contribution in [3.63, 3.8) is 0 Å². The lowest BCUT2D eigenvalue weighted by Gasteiger charge is -2.24. The van der Waals surface area contributed by atoms with Gasteiger partial charge in [-0.2, -0.15) is 0 Å². The van der Waals surface area contributed by atoms with Crippen LogP contribution in [0.15, 0.2) is 24.5 Å². The highest BCUT2D eigenvalue weighted by molar-refractivity contribution is 5.76. The van der Waals surface area contributed by atoms with E-state index in [2.05, 4.69) is 40.0 Å². The molecule has 0 saturated carbocycles. The van der Waals surface area contributed by atoms with Gasteiger partial charge in [0.15, 0.2) is 0 Å². The maximum Gasteiger partial charge on any atom is 0.0961 e. The van der Waals surface area contributed by atoms with Crippen LogP contribution in [-0.2, 0) is 6.42 Å². The molecule has 17 heavy (non-hydrogen) atoms. The molecule has 0 amide bonds. The van der Waals surface area contributed by atoms with Gasteiger partial charge in [0.2, 0.25) is 0 Å². The fraction of sp³-hybridized carbons (Fsp3) is 0.500. The summed E-state index contributed by atoms with van der Waals surface area (Å²) >= 11 is 0. The van der Waals surface area contributed by atoms with Crippen molar-refractivity contribution in [1.29, 1.82) is 0 Å². The maximum atomic E-state index is 4.50. The van der Waals surface area contributed by atoms with Gasteiger partial charge >= 0.3 is 0 Å². The van der Waals surface area contributed by atoms with Crippen molar-refractivity contribution in [3.8, 4) is 0 Å². The zero-order valence-electron chi connectivity index (χ0n) is 10.3. The average Bonchev–Trinajstić information content (AvgIpc) is 2.82. The molecule has 1 aliphatic heterocycles. The third kappa shape index (κ3) is 1.95. The minimum atomic E-state index is 0.570. The molecule has 0 spiro atoms. The van der Waals surface area contributed by atoms with Crippen molar-refractivity contribution >= 4 is 11.0 Å². The summed E-state index contributed by atoms with van der Waals surface area (Å²) in [6.07, 6.45) is 5.61. The molecule has 1 fully saturated rings. The molecule has 1 atom stereocenters. The van der Waals surface area contributed by atoms with Gasteiger partial charge in [-0.1, -0.05) is 13.0 Å². The molecule has 1 aliphatic rings. The van der Waals surface area contributed by atoms with Crippen LogP contribution in [0.4, 0.5) is 0 Å². The predicted molar refractivity (Wildman–Crippen MR) is 70.3 cm³/mol. The van der Waals surface area contributed by atoms with Gasteiger partial charge < -0.3 is 9.88 Å². The molecule has 1 aromatic carbocycles. The van der Waals surface area contributed by atoms with Crippen LogP contribution < -0.4 is 5.32 Å². The molecule has 0 aliphatic carbocycles. The Balaban J connectivity index is 2.02. The number of aromatic nitrogens is 2. The second kappa shape index (κ2) is 4.49. The van der Waals surface area contributed by atoms with Crippen molar-refractivity contribution < 1.29 is 0 Å². The summed E-state index contributed by atoms with van der Waals surface area (Å²) in [7, 11) is 0. The van der Waals surface area contributed by atoms with E-state index in [1.807, 2.05) is 6.33 Å². The van der Waals surface area contributed by atoms with Crippen LogP contribution in [-0.4, -0.2) is 22.6 Å². The average molecular weight is 229 g/mol. The fourth-order valence-electron chi connectivity index (χ4n) is 2.65.